The second-order valence-electron chi connectivity index (χ2n) is 4.43. The Bertz CT molecular complexity index is 667. The summed E-state index contributed by atoms with van der Waals surface area (Å²) in [5.41, 5.74) is 0.717. The molecule has 2 aromatic carbocycles. The molecule has 21 heavy (non-hydrogen) atoms. The van der Waals surface area contributed by atoms with Crippen LogP contribution in [0.25, 0.3) is 0 Å². The minimum Gasteiger partial charge on any atom is -0.479 e. The van der Waals surface area contributed by atoms with Gasteiger partial charge in [0.05, 0.1) is 5.56 Å². The lowest BCUT2D eigenvalue weighted by molar-refractivity contribution is -0.144. The van der Waals surface area contributed by atoms with E-state index in [1.54, 1.807) is 36.4 Å². The van der Waals surface area contributed by atoms with Crippen LogP contribution >= 0.6 is 11.6 Å². The molecule has 5 heteroatoms. The van der Waals surface area contributed by atoms with Gasteiger partial charge in [-0.25, -0.2) is 4.79 Å². The van der Waals surface area contributed by atoms with E-state index < -0.39 is 12.1 Å². The molecular formula is C16H13ClO4. The summed E-state index contributed by atoms with van der Waals surface area (Å²) in [6.45, 7) is 1.40. The van der Waals surface area contributed by atoms with Crippen molar-refractivity contribution in [2.24, 2.45) is 0 Å². The van der Waals surface area contributed by atoms with Gasteiger partial charge in [0.1, 0.15) is 5.75 Å². The van der Waals surface area contributed by atoms with Crippen molar-refractivity contribution >= 4 is 23.4 Å². The van der Waals surface area contributed by atoms with Gasteiger partial charge in [-0.1, -0.05) is 41.9 Å². The van der Waals surface area contributed by atoms with Gasteiger partial charge in [-0.15, -0.1) is 0 Å². The van der Waals surface area contributed by atoms with Gasteiger partial charge < -0.3 is 9.84 Å². The fourth-order valence-electron chi connectivity index (χ4n) is 1.77. The molecule has 4 nitrogen and oxygen atoms in total. The molecule has 0 saturated heterocycles. The molecule has 1 unspecified atom stereocenters. The van der Waals surface area contributed by atoms with Gasteiger partial charge in [0, 0.05) is 10.6 Å². The Morgan fingerprint density at radius 3 is 2.43 bits per heavy atom. The van der Waals surface area contributed by atoms with Crippen molar-refractivity contribution in [3.63, 3.8) is 0 Å². The first-order valence-electron chi connectivity index (χ1n) is 6.28. The predicted molar refractivity (Wildman–Crippen MR) is 79.1 cm³/mol. The first-order valence-corrected chi connectivity index (χ1v) is 6.65. The molecule has 0 spiro atoms. The molecule has 0 fully saturated rings. The van der Waals surface area contributed by atoms with Gasteiger partial charge in [0.15, 0.2) is 11.9 Å². The van der Waals surface area contributed by atoms with Crippen LogP contribution in [-0.2, 0) is 4.79 Å². The average Bonchev–Trinajstić information content (AvgIpc) is 2.49. The number of ether oxygens (including phenoxy) is 1. The maximum Gasteiger partial charge on any atom is 0.344 e. The second-order valence-corrected chi connectivity index (χ2v) is 4.87. The van der Waals surface area contributed by atoms with E-state index in [9.17, 15) is 9.59 Å². The fourth-order valence-corrected chi connectivity index (χ4v) is 1.94. The van der Waals surface area contributed by atoms with Gasteiger partial charge >= 0.3 is 5.97 Å². The summed E-state index contributed by atoms with van der Waals surface area (Å²) in [7, 11) is 0. The lowest BCUT2D eigenvalue weighted by atomic mass is 10.0. The monoisotopic (exact) mass is 304 g/mol. The third kappa shape index (κ3) is 3.61. The van der Waals surface area contributed by atoms with E-state index >= 15 is 0 Å². The first-order chi connectivity index (χ1) is 9.99. The molecule has 0 aliphatic heterocycles. The third-order valence-electron chi connectivity index (χ3n) is 2.87. The van der Waals surface area contributed by atoms with Crippen LogP contribution in [0.4, 0.5) is 0 Å². The van der Waals surface area contributed by atoms with Crippen LogP contribution in [0.2, 0.25) is 5.02 Å². The Morgan fingerprint density at radius 2 is 1.81 bits per heavy atom. The number of carboxylic acids is 1. The van der Waals surface area contributed by atoms with Crippen LogP contribution in [-0.4, -0.2) is 23.0 Å². The topological polar surface area (TPSA) is 63.6 Å². The van der Waals surface area contributed by atoms with Crippen molar-refractivity contribution in [2.45, 2.75) is 13.0 Å². The maximum atomic E-state index is 12.5. The minimum absolute atomic E-state index is 0.197. The second kappa shape index (κ2) is 6.41. The molecule has 1 N–H and O–H groups in total. The normalized spacial score (nSPS) is 11.7. The van der Waals surface area contributed by atoms with E-state index in [4.69, 9.17) is 21.4 Å². The Hall–Kier alpha value is -2.33. The van der Waals surface area contributed by atoms with E-state index in [1.807, 2.05) is 0 Å². The Labute approximate surface area is 126 Å². The zero-order valence-corrected chi connectivity index (χ0v) is 12.0. The van der Waals surface area contributed by atoms with Crippen LogP contribution < -0.4 is 4.74 Å². The number of ketones is 1. The van der Waals surface area contributed by atoms with Crippen molar-refractivity contribution in [1.82, 2.24) is 0 Å². The van der Waals surface area contributed by atoms with Crippen molar-refractivity contribution < 1.29 is 19.4 Å². The molecule has 2 aromatic rings. The largest absolute Gasteiger partial charge is 0.479 e. The summed E-state index contributed by atoms with van der Waals surface area (Å²) < 4.78 is 5.33. The molecule has 0 aromatic heterocycles. The van der Waals surface area contributed by atoms with Crippen molar-refractivity contribution in [2.75, 3.05) is 0 Å². The summed E-state index contributed by atoms with van der Waals surface area (Å²) in [6.07, 6.45) is -1.06. The summed E-state index contributed by atoms with van der Waals surface area (Å²) in [6, 6.07) is 13.2. The maximum absolute atomic E-state index is 12.5. The molecule has 2 rings (SSSR count). The zero-order valence-electron chi connectivity index (χ0n) is 11.2. The number of rotatable bonds is 5. The van der Waals surface area contributed by atoms with Gasteiger partial charge in [-0.05, 0) is 25.1 Å². The number of aliphatic carboxylic acids is 1. The number of benzene rings is 2. The molecule has 0 heterocycles. The van der Waals surface area contributed by atoms with Gasteiger partial charge in [0.25, 0.3) is 0 Å². The SMILES string of the molecule is CC(Oc1ccc(Cl)cc1C(=O)c1ccccc1)C(=O)O. The highest BCUT2D eigenvalue weighted by Gasteiger charge is 2.19. The van der Waals surface area contributed by atoms with Crippen molar-refractivity contribution in [1.29, 1.82) is 0 Å². The predicted octanol–water partition coefficient (Wildman–Crippen LogP) is 3.42. The minimum atomic E-state index is -1.11. The zero-order chi connectivity index (χ0) is 15.4. The van der Waals surface area contributed by atoms with E-state index in [0.717, 1.165) is 0 Å². The summed E-state index contributed by atoms with van der Waals surface area (Å²) in [5, 5.41) is 9.29. The highest BCUT2D eigenvalue weighted by atomic mass is 35.5. The van der Waals surface area contributed by atoms with Crippen LogP contribution in [0, 0.1) is 0 Å². The molecule has 0 saturated carbocycles. The Balaban J connectivity index is 2.40. The molecule has 108 valence electrons. The smallest absolute Gasteiger partial charge is 0.344 e. The average molecular weight is 305 g/mol. The summed E-state index contributed by atoms with van der Waals surface area (Å²) in [5.74, 6) is -1.18. The van der Waals surface area contributed by atoms with Crippen molar-refractivity contribution in [3.8, 4) is 5.75 Å². The molecule has 0 aliphatic rings. The van der Waals surface area contributed by atoms with E-state index in [-0.39, 0.29) is 17.1 Å². The molecule has 0 bridgehead atoms. The lowest BCUT2D eigenvalue weighted by Crippen LogP contribution is -2.24. The quantitative estimate of drug-likeness (QED) is 0.860. The molecule has 1 atom stereocenters. The number of carbonyl (C=O) groups excluding carboxylic acids is 1. The van der Waals surface area contributed by atoms with E-state index in [2.05, 4.69) is 0 Å². The number of hydrogen-bond acceptors (Lipinski definition) is 3. The van der Waals surface area contributed by atoms with E-state index in [1.165, 1.54) is 19.1 Å². The van der Waals surface area contributed by atoms with Crippen LogP contribution in [0.5, 0.6) is 5.75 Å². The molecular weight excluding hydrogens is 292 g/mol. The molecule has 0 aliphatic carbocycles. The number of carboxylic acid groups (broad SMARTS) is 1. The van der Waals surface area contributed by atoms with Crippen molar-refractivity contribution in [3.05, 3.63) is 64.7 Å². The highest BCUT2D eigenvalue weighted by molar-refractivity contribution is 6.31. The summed E-state index contributed by atoms with van der Waals surface area (Å²) in [4.78, 5) is 23.4. The van der Waals surface area contributed by atoms with Gasteiger partial charge in [-0.3, -0.25) is 4.79 Å². The van der Waals surface area contributed by atoms with Crippen LogP contribution in [0.1, 0.15) is 22.8 Å². The Kier molecular flexibility index (Phi) is 4.60. The lowest BCUT2D eigenvalue weighted by Gasteiger charge is -2.14. The van der Waals surface area contributed by atoms with Crippen LogP contribution in [0.3, 0.4) is 0 Å². The number of halogens is 1. The fraction of sp³-hybridized carbons (Fsp3) is 0.125. The van der Waals surface area contributed by atoms with Crippen LogP contribution in [0.15, 0.2) is 48.5 Å². The summed E-state index contributed by atoms with van der Waals surface area (Å²) >= 11 is 5.92. The number of carbonyl (C=O) groups is 2. The Morgan fingerprint density at radius 1 is 1.14 bits per heavy atom. The van der Waals surface area contributed by atoms with E-state index in [0.29, 0.717) is 10.6 Å². The standard InChI is InChI=1S/C16H13ClO4/c1-10(16(19)20)21-14-8-7-12(17)9-13(14)15(18)11-5-3-2-4-6-11/h2-10H,1H3,(H,19,20). The van der Waals surface area contributed by atoms with Gasteiger partial charge in [0.2, 0.25) is 0 Å². The number of hydrogen-bond donors (Lipinski definition) is 1. The van der Waals surface area contributed by atoms with Gasteiger partial charge in [-0.2, -0.15) is 0 Å². The molecule has 0 amide bonds. The third-order valence-corrected chi connectivity index (χ3v) is 3.11. The highest BCUT2D eigenvalue weighted by Crippen LogP contribution is 2.26. The molecule has 0 radical (unpaired) electrons. The first kappa shape index (κ1) is 15.1.